The van der Waals surface area contributed by atoms with Gasteiger partial charge in [-0.15, -0.1) is 0 Å². The molecule has 1 aliphatic heterocycles. The van der Waals surface area contributed by atoms with E-state index in [1.165, 1.54) is 6.07 Å². The molecule has 0 bridgehead atoms. The molecule has 1 heterocycles. The summed E-state index contributed by atoms with van der Waals surface area (Å²) >= 11 is 0. The number of hydrogen-bond donors (Lipinski definition) is 2. The number of alkyl halides is 2. The van der Waals surface area contributed by atoms with Crippen molar-refractivity contribution in [3.05, 3.63) is 35.6 Å². The summed E-state index contributed by atoms with van der Waals surface area (Å²) in [4.78, 5) is 11.6. The number of carbonyl (C=O) groups excluding carboxylic acids is 1. The lowest BCUT2D eigenvalue weighted by molar-refractivity contribution is -0.123. The summed E-state index contributed by atoms with van der Waals surface area (Å²) < 4.78 is 39.1. The monoisotopic (exact) mass is 272 g/mol. The van der Waals surface area contributed by atoms with Crippen LogP contribution < -0.4 is 10.6 Å². The van der Waals surface area contributed by atoms with Gasteiger partial charge in [0.05, 0.1) is 12.6 Å². The molecule has 0 spiro atoms. The number of hydrogen-bond acceptors (Lipinski definition) is 2. The highest BCUT2D eigenvalue weighted by Crippen LogP contribution is 2.24. The van der Waals surface area contributed by atoms with E-state index < -0.39 is 30.8 Å². The molecular formula is C13H15F3N2O. The maximum atomic E-state index is 13.3. The predicted molar refractivity (Wildman–Crippen MR) is 64.5 cm³/mol. The zero-order valence-electron chi connectivity index (χ0n) is 10.3. The fourth-order valence-corrected chi connectivity index (χ4v) is 2.05. The molecule has 1 aromatic rings. The minimum absolute atomic E-state index is 0.226. The van der Waals surface area contributed by atoms with Gasteiger partial charge in [-0.2, -0.15) is 0 Å². The molecule has 3 nitrogen and oxygen atoms in total. The van der Waals surface area contributed by atoms with E-state index in [-0.39, 0.29) is 12.4 Å². The van der Waals surface area contributed by atoms with Gasteiger partial charge in [0, 0.05) is 13.0 Å². The van der Waals surface area contributed by atoms with Gasteiger partial charge in [0.25, 0.3) is 5.92 Å². The van der Waals surface area contributed by atoms with Crippen LogP contribution in [0.5, 0.6) is 0 Å². The van der Waals surface area contributed by atoms with Crippen LogP contribution in [0.15, 0.2) is 24.3 Å². The Morgan fingerprint density at radius 2 is 2.16 bits per heavy atom. The second-order valence-corrected chi connectivity index (χ2v) is 4.63. The Morgan fingerprint density at radius 1 is 1.42 bits per heavy atom. The SMILES string of the molecule is O=C(NCCc1ccccc1F)C1CC(F)(F)CN1. The third kappa shape index (κ3) is 3.70. The van der Waals surface area contributed by atoms with Gasteiger partial charge in [0.1, 0.15) is 5.82 Å². The molecule has 1 fully saturated rings. The number of benzene rings is 1. The lowest BCUT2D eigenvalue weighted by Gasteiger charge is -2.11. The van der Waals surface area contributed by atoms with Gasteiger partial charge >= 0.3 is 0 Å². The summed E-state index contributed by atoms with van der Waals surface area (Å²) in [6.45, 7) is -0.248. The molecule has 0 radical (unpaired) electrons. The molecule has 1 aromatic carbocycles. The number of carbonyl (C=O) groups is 1. The molecule has 104 valence electrons. The smallest absolute Gasteiger partial charge is 0.262 e. The van der Waals surface area contributed by atoms with Crippen LogP contribution in [0.1, 0.15) is 12.0 Å². The summed E-state index contributed by atoms with van der Waals surface area (Å²) in [5.74, 6) is -3.62. The summed E-state index contributed by atoms with van der Waals surface area (Å²) in [7, 11) is 0. The Kier molecular flexibility index (Phi) is 4.09. The van der Waals surface area contributed by atoms with E-state index in [9.17, 15) is 18.0 Å². The van der Waals surface area contributed by atoms with Crippen LogP contribution in [0.4, 0.5) is 13.2 Å². The first-order valence-corrected chi connectivity index (χ1v) is 6.10. The van der Waals surface area contributed by atoms with Crippen LogP contribution in [-0.4, -0.2) is 31.0 Å². The minimum Gasteiger partial charge on any atom is -0.354 e. The fourth-order valence-electron chi connectivity index (χ4n) is 2.05. The predicted octanol–water partition coefficient (Wildman–Crippen LogP) is 1.48. The van der Waals surface area contributed by atoms with Crippen LogP contribution in [0.3, 0.4) is 0 Å². The number of halogens is 3. The van der Waals surface area contributed by atoms with Gasteiger partial charge in [0.2, 0.25) is 5.91 Å². The first-order chi connectivity index (χ1) is 8.98. The average Bonchev–Trinajstić information content (AvgIpc) is 2.72. The van der Waals surface area contributed by atoms with E-state index in [1.807, 2.05) is 0 Å². The quantitative estimate of drug-likeness (QED) is 0.871. The van der Waals surface area contributed by atoms with Crippen LogP contribution in [-0.2, 0) is 11.2 Å². The first-order valence-electron chi connectivity index (χ1n) is 6.10. The van der Waals surface area contributed by atoms with Crippen LogP contribution in [0.25, 0.3) is 0 Å². The fraction of sp³-hybridized carbons (Fsp3) is 0.462. The Bertz CT molecular complexity index is 465. The second-order valence-electron chi connectivity index (χ2n) is 4.63. The van der Waals surface area contributed by atoms with Crippen molar-refractivity contribution in [3.63, 3.8) is 0 Å². The second kappa shape index (κ2) is 5.61. The summed E-state index contributed by atoms with van der Waals surface area (Å²) in [6.07, 6.45) is -0.153. The largest absolute Gasteiger partial charge is 0.354 e. The average molecular weight is 272 g/mol. The van der Waals surface area contributed by atoms with E-state index in [1.54, 1.807) is 18.2 Å². The summed E-state index contributed by atoms with van der Waals surface area (Å²) in [5, 5.41) is 5.01. The molecule has 1 amide bonds. The third-order valence-corrected chi connectivity index (χ3v) is 3.08. The molecule has 1 saturated heterocycles. The highest BCUT2D eigenvalue weighted by molar-refractivity contribution is 5.82. The van der Waals surface area contributed by atoms with E-state index in [4.69, 9.17) is 0 Å². The molecule has 6 heteroatoms. The van der Waals surface area contributed by atoms with Crippen molar-refractivity contribution in [1.82, 2.24) is 10.6 Å². The molecule has 19 heavy (non-hydrogen) atoms. The zero-order chi connectivity index (χ0) is 13.9. The highest BCUT2D eigenvalue weighted by atomic mass is 19.3. The molecule has 0 aromatic heterocycles. The van der Waals surface area contributed by atoms with E-state index >= 15 is 0 Å². The topological polar surface area (TPSA) is 41.1 Å². The lowest BCUT2D eigenvalue weighted by atomic mass is 10.1. The van der Waals surface area contributed by atoms with Gasteiger partial charge in [-0.1, -0.05) is 18.2 Å². The van der Waals surface area contributed by atoms with Crippen molar-refractivity contribution in [1.29, 1.82) is 0 Å². The summed E-state index contributed by atoms with van der Waals surface area (Å²) in [6, 6.07) is 5.40. The number of rotatable bonds is 4. The molecular weight excluding hydrogens is 257 g/mol. The Hall–Kier alpha value is -1.56. The van der Waals surface area contributed by atoms with E-state index in [2.05, 4.69) is 10.6 Å². The molecule has 2 rings (SSSR count). The van der Waals surface area contributed by atoms with Crippen molar-refractivity contribution in [2.75, 3.05) is 13.1 Å². The van der Waals surface area contributed by atoms with Crippen molar-refractivity contribution < 1.29 is 18.0 Å². The van der Waals surface area contributed by atoms with Crippen LogP contribution >= 0.6 is 0 Å². The highest BCUT2D eigenvalue weighted by Gasteiger charge is 2.42. The maximum absolute atomic E-state index is 13.3. The molecule has 1 unspecified atom stereocenters. The van der Waals surface area contributed by atoms with Gasteiger partial charge in [-0.05, 0) is 18.1 Å². The van der Waals surface area contributed by atoms with Gasteiger partial charge in [0.15, 0.2) is 0 Å². The van der Waals surface area contributed by atoms with Crippen molar-refractivity contribution in [2.24, 2.45) is 0 Å². The molecule has 1 aliphatic rings. The molecule has 2 N–H and O–H groups in total. The standard InChI is InChI=1S/C13H15F3N2O/c14-10-4-2-1-3-9(10)5-6-17-12(19)11-7-13(15,16)8-18-11/h1-4,11,18H,5-8H2,(H,17,19). The Morgan fingerprint density at radius 3 is 2.79 bits per heavy atom. The zero-order valence-corrected chi connectivity index (χ0v) is 10.3. The maximum Gasteiger partial charge on any atom is 0.262 e. The normalized spacial score (nSPS) is 21.3. The number of amides is 1. The van der Waals surface area contributed by atoms with Crippen LogP contribution in [0, 0.1) is 5.82 Å². The third-order valence-electron chi connectivity index (χ3n) is 3.08. The van der Waals surface area contributed by atoms with Crippen molar-refractivity contribution >= 4 is 5.91 Å². The van der Waals surface area contributed by atoms with Crippen LogP contribution in [0.2, 0.25) is 0 Å². The van der Waals surface area contributed by atoms with Gasteiger partial charge in [-0.3, -0.25) is 10.1 Å². The number of nitrogens with one attached hydrogen (secondary N) is 2. The Balaban J connectivity index is 1.77. The summed E-state index contributed by atoms with van der Waals surface area (Å²) in [5.41, 5.74) is 0.493. The van der Waals surface area contributed by atoms with E-state index in [0.29, 0.717) is 12.0 Å². The minimum atomic E-state index is -2.83. The molecule has 0 saturated carbocycles. The van der Waals surface area contributed by atoms with E-state index in [0.717, 1.165) is 0 Å². The van der Waals surface area contributed by atoms with Gasteiger partial charge in [-0.25, -0.2) is 13.2 Å². The van der Waals surface area contributed by atoms with Crippen molar-refractivity contribution in [3.8, 4) is 0 Å². The first kappa shape index (κ1) is 13.9. The van der Waals surface area contributed by atoms with Crippen molar-refractivity contribution in [2.45, 2.75) is 24.8 Å². The Labute approximate surface area is 109 Å². The molecule has 1 atom stereocenters. The molecule has 0 aliphatic carbocycles. The lowest BCUT2D eigenvalue weighted by Crippen LogP contribution is -2.41. The van der Waals surface area contributed by atoms with Gasteiger partial charge < -0.3 is 5.32 Å².